The molecule has 0 radical (unpaired) electrons. The smallest absolute Gasteiger partial charge is 0.263 e. The molecule has 3 aromatic rings. The number of aliphatic hydroxyl groups is 1. The maximum Gasteiger partial charge on any atom is 0.263 e. The van der Waals surface area contributed by atoms with Crippen molar-refractivity contribution in [2.24, 2.45) is 0 Å². The quantitative estimate of drug-likeness (QED) is 0.407. The summed E-state index contributed by atoms with van der Waals surface area (Å²) >= 11 is 2.80. The average molecular weight is 565 g/mol. The van der Waals surface area contributed by atoms with Crippen molar-refractivity contribution in [2.75, 3.05) is 5.88 Å². The van der Waals surface area contributed by atoms with Crippen LogP contribution < -0.4 is 5.32 Å². The zero-order chi connectivity index (χ0) is 27.9. The van der Waals surface area contributed by atoms with Gasteiger partial charge in [0.2, 0.25) is 5.91 Å². The van der Waals surface area contributed by atoms with Gasteiger partial charge in [-0.1, -0.05) is 54.6 Å². The molecule has 0 aliphatic carbocycles. The summed E-state index contributed by atoms with van der Waals surface area (Å²) in [4.78, 5) is 47.7. The predicted molar refractivity (Wildman–Crippen MR) is 152 cm³/mol. The number of nitrogens with one attached hydrogen (secondary N) is 1. The average Bonchev–Trinajstić information content (AvgIpc) is 3.43. The summed E-state index contributed by atoms with van der Waals surface area (Å²) in [5, 5.41) is 15.0. The maximum absolute atomic E-state index is 13.7. The first-order chi connectivity index (χ1) is 18.6. The molecule has 3 amide bonds. The highest BCUT2D eigenvalue weighted by Crippen LogP contribution is 2.51. The van der Waals surface area contributed by atoms with Crippen LogP contribution in [0.3, 0.4) is 0 Å². The molecule has 2 aliphatic heterocycles. The number of benzene rings is 2. The van der Waals surface area contributed by atoms with Crippen LogP contribution in [0.5, 0.6) is 0 Å². The normalized spacial score (nSPS) is 21.8. The Labute approximate surface area is 236 Å². The summed E-state index contributed by atoms with van der Waals surface area (Å²) in [6, 6.07) is 15.8. The molecule has 2 saturated heterocycles. The number of carbonyl (C=O) groups excluding carboxylic acids is 3. The van der Waals surface area contributed by atoms with Crippen LogP contribution in [0.4, 0.5) is 0 Å². The van der Waals surface area contributed by atoms with E-state index in [2.05, 4.69) is 10.3 Å². The van der Waals surface area contributed by atoms with Gasteiger partial charge in [0.15, 0.2) is 6.10 Å². The van der Waals surface area contributed by atoms with E-state index in [-0.39, 0.29) is 24.1 Å². The molecule has 0 spiro atoms. The van der Waals surface area contributed by atoms with Crippen molar-refractivity contribution in [3.63, 3.8) is 0 Å². The molecule has 1 unspecified atom stereocenters. The Morgan fingerprint density at radius 3 is 2.49 bits per heavy atom. The van der Waals surface area contributed by atoms with Crippen molar-refractivity contribution in [1.29, 1.82) is 0 Å². The van der Waals surface area contributed by atoms with E-state index in [9.17, 15) is 19.5 Å². The van der Waals surface area contributed by atoms with E-state index in [1.165, 1.54) is 28.0 Å². The summed E-state index contributed by atoms with van der Waals surface area (Å²) < 4.78 is 0. The van der Waals surface area contributed by atoms with Crippen LogP contribution in [-0.4, -0.2) is 66.5 Å². The van der Waals surface area contributed by atoms with Gasteiger partial charge >= 0.3 is 0 Å². The third kappa shape index (κ3) is 5.08. The molecule has 39 heavy (non-hydrogen) atoms. The van der Waals surface area contributed by atoms with E-state index in [0.29, 0.717) is 17.1 Å². The van der Waals surface area contributed by atoms with Gasteiger partial charge in [-0.05, 0) is 50.8 Å². The maximum atomic E-state index is 13.7. The van der Waals surface area contributed by atoms with Gasteiger partial charge in [0.1, 0.15) is 15.8 Å². The Hall–Kier alpha value is -3.21. The first-order valence-corrected chi connectivity index (χ1v) is 14.7. The lowest BCUT2D eigenvalue weighted by Gasteiger charge is -2.53. The van der Waals surface area contributed by atoms with E-state index < -0.39 is 29.0 Å². The fourth-order valence-electron chi connectivity index (χ4n) is 5.34. The molecule has 5 rings (SSSR count). The summed E-state index contributed by atoms with van der Waals surface area (Å²) in [5.41, 5.74) is 3.65. The van der Waals surface area contributed by atoms with Crippen molar-refractivity contribution in [3.05, 3.63) is 86.9 Å². The molecule has 0 bridgehead atoms. The number of amides is 3. The van der Waals surface area contributed by atoms with Crippen molar-refractivity contribution in [1.82, 2.24) is 20.1 Å². The molecule has 1 aromatic heterocycles. The lowest BCUT2D eigenvalue weighted by molar-refractivity contribution is -0.168. The number of fused-ring (bicyclic) bond motifs is 1. The molecule has 4 atom stereocenters. The van der Waals surface area contributed by atoms with Gasteiger partial charge in [0.25, 0.3) is 11.8 Å². The van der Waals surface area contributed by atoms with Gasteiger partial charge < -0.3 is 20.2 Å². The van der Waals surface area contributed by atoms with E-state index in [1.54, 1.807) is 6.92 Å². The van der Waals surface area contributed by atoms with Gasteiger partial charge in [-0.3, -0.25) is 14.4 Å². The highest BCUT2D eigenvalue weighted by atomic mass is 32.2. The monoisotopic (exact) mass is 564 g/mol. The third-order valence-electron chi connectivity index (χ3n) is 7.58. The van der Waals surface area contributed by atoms with Crippen molar-refractivity contribution in [3.8, 4) is 0 Å². The molecular formula is C29H32N4O4S2. The number of hydrogen-bond acceptors (Lipinski definition) is 7. The lowest BCUT2D eigenvalue weighted by atomic mass is 9.91. The first-order valence-electron chi connectivity index (χ1n) is 12.9. The Morgan fingerprint density at radius 2 is 1.82 bits per heavy atom. The highest BCUT2D eigenvalue weighted by molar-refractivity contribution is 8.01. The summed E-state index contributed by atoms with van der Waals surface area (Å²) in [5.74, 6) is -0.786. The second-order valence-electron chi connectivity index (χ2n) is 10.3. The molecular weight excluding hydrogens is 532 g/mol. The van der Waals surface area contributed by atoms with Gasteiger partial charge in [-0.2, -0.15) is 0 Å². The Kier molecular flexibility index (Phi) is 7.54. The number of aryl methyl sites for hydroxylation is 3. The van der Waals surface area contributed by atoms with Gasteiger partial charge in [0, 0.05) is 6.54 Å². The van der Waals surface area contributed by atoms with Crippen LogP contribution in [0.1, 0.15) is 44.0 Å². The summed E-state index contributed by atoms with van der Waals surface area (Å²) in [6.45, 7) is 8.05. The minimum absolute atomic E-state index is 0.134. The van der Waals surface area contributed by atoms with Gasteiger partial charge in [0.05, 0.1) is 22.6 Å². The zero-order valence-electron chi connectivity index (χ0n) is 22.4. The number of nitrogens with zero attached hydrogens (tertiary/aromatic N) is 3. The van der Waals surface area contributed by atoms with Crippen LogP contribution in [-0.2, 0) is 22.6 Å². The van der Waals surface area contributed by atoms with Crippen LogP contribution in [0.2, 0.25) is 0 Å². The second-order valence-corrected chi connectivity index (χ2v) is 12.8. The molecule has 0 saturated carbocycles. The van der Waals surface area contributed by atoms with E-state index in [0.717, 1.165) is 21.7 Å². The molecule has 204 valence electrons. The van der Waals surface area contributed by atoms with E-state index in [4.69, 9.17) is 0 Å². The first kappa shape index (κ1) is 27.4. The van der Waals surface area contributed by atoms with E-state index >= 15 is 0 Å². The van der Waals surface area contributed by atoms with Crippen molar-refractivity contribution >= 4 is 40.8 Å². The highest BCUT2D eigenvalue weighted by Gasteiger charge is 2.65. The molecule has 2 fully saturated rings. The standard InChI is InChI=1S/C29H32N4O4S2/c1-17-10-8-9-13-21(17)15-33-28(37)25-29(33,4)38-16-32(25)27(36)23(34)22(14-20-11-6-5-7-12-20)31-26(35)24-18(2)30-19(3)39-24/h5-13,22-23,25,34H,14-16H2,1-4H3,(H,31,35)/t22-,23-,25+,29?/m0/s1. The van der Waals surface area contributed by atoms with Crippen molar-refractivity contribution in [2.45, 2.75) is 63.7 Å². The van der Waals surface area contributed by atoms with Crippen LogP contribution in [0, 0.1) is 20.8 Å². The molecule has 2 aromatic carbocycles. The predicted octanol–water partition coefficient (Wildman–Crippen LogP) is 3.43. The number of rotatable bonds is 8. The fraction of sp³-hybridized carbons (Fsp3) is 0.379. The Balaban J connectivity index is 1.34. The number of thiazole rings is 1. The minimum atomic E-state index is -1.52. The molecule has 2 N–H and O–H groups in total. The number of aliphatic hydroxyl groups excluding tert-OH is 1. The van der Waals surface area contributed by atoms with Crippen LogP contribution >= 0.6 is 23.1 Å². The van der Waals surface area contributed by atoms with Crippen LogP contribution in [0.15, 0.2) is 54.6 Å². The number of carbonyl (C=O) groups is 3. The molecule has 3 heterocycles. The molecule has 8 nitrogen and oxygen atoms in total. The topological polar surface area (TPSA) is 103 Å². The Bertz CT molecular complexity index is 1410. The fourth-order valence-corrected chi connectivity index (χ4v) is 7.54. The number of hydrogen-bond donors (Lipinski definition) is 2. The largest absolute Gasteiger partial charge is 0.381 e. The molecule has 10 heteroatoms. The van der Waals surface area contributed by atoms with Crippen molar-refractivity contribution < 1.29 is 19.5 Å². The van der Waals surface area contributed by atoms with Gasteiger partial charge in [-0.15, -0.1) is 23.1 Å². The number of thioether (sulfide) groups is 1. The van der Waals surface area contributed by atoms with Crippen LogP contribution in [0.25, 0.3) is 0 Å². The Morgan fingerprint density at radius 1 is 1.13 bits per heavy atom. The lowest BCUT2D eigenvalue weighted by Crippen LogP contribution is -2.73. The SMILES string of the molecule is Cc1nc(C)c(C(=O)N[C@@H](Cc2ccccc2)[C@H](O)C(=O)N2CSC3(C)[C@H]2C(=O)N3Cc2ccccc2C)s1. The number of aromatic nitrogens is 1. The summed E-state index contributed by atoms with van der Waals surface area (Å²) in [7, 11) is 0. The van der Waals surface area contributed by atoms with Gasteiger partial charge in [-0.25, -0.2) is 4.98 Å². The number of likely N-dealkylation sites (tertiary alicyclic amines) is 1. The number of β-lactam (4-membered cyclic amide) rings is 1. The minimum Gasteiger partial charge on any atom is -0.381 e. The summed E-state index contributed by atoms with van der Waals surface area (Å²) in [6.07, 6.45) is -1.27. The third-order valence-corrected chi connectivity index (χ3v) is 10.1. The zero-order valence-corrected chi connectivity index (χ0v) is 24.0. The molecule has 2 aliphatic rings. The van der Waals surface area contributed by atoms with E-state index in [1.807, 2.05) is 80.3 Å². The second kappa shape index (κ2) is 10.7.